The second-order valence-electron chi connectivity index (χ2n) is 9.49. The smallest absolute Gasteiger partial charge is 0.358 e. The van der Waals surface area contributed by atoms with Gasteiger partial charge in [0.2, 0.25) is 6.79 Å². The molecule has 2 saturated heterocycles. The van der Waals surface area contributed by atoms with Crippen LogP contribution in [0.4, 0.5) is 5.13 Å². The van der Waals surface area contributed by atoms with Gasteiger partial charge in [-0.25, -0.2) is 9.78 Å². The van der Waals surface area contributed by atoms with E-state index in [4.69, 9.17) is 19.9 Å². The van der Waals surface area contributed by atoms with Gasteiger partial charge in [-0.15, -0.1) is 34.9 Å². The molecule has 3 atom stereocenters. The molecule has 3 aliphatic heterocycles. The van der Waals surface area contributed by atoms with E-state index in [0.29, 0.717) is 23.9 Å². The fourth-order valence-electron chi connectivity index (χ4n) is 3.72. The number of carbonyl (C=O) groups excluding carboxylic acids is 4. The molecule has 1 aromatic heterocycles. The highest BCUT2D eigenvalue weighted by Crippen LogP contribution is 2.45. The monoisotopic (exact) mass is 585 g/mol. The predicted octanol–water partition coefficient (Wildman–Crippen LogP) is 1.13. The average Bonchev–Trinajstić information content (AvgIpc) is 3.53. The normalized spacial score (nSPS) is 23.6. The van der Waals surface area contributed by atoms with Crippen molar-refractivity contribution in [1.82, 2.24) is 15.2 Å². The van der Waals surface area contributed by atoms with Gasteiger partial charge in [0.05, 0.1) is 12.0 Å². The molecular formula is C22H27N5O8S3. The zero-order chi connectivity index (χ0) is 27.6. The maximum atomic E-state index is 13.2. The highest BCUT2D eigenvalue weighted by atomic mass is 32.2. The summed E-state index contributed by atoms with van der Waals surface area (Å²) in [5, 5.41) is 16.1. The summed E-state index contributed by atoms with van der Waals surface area (Å²) in [5.41, 5.74) is 4.55. The van der Waals surface area contributed by atoms with Crippen LogP contribution in [0, 0.1) is 5.41 Å². The van der Waals surface area contributed by atoms with E-state index in [0.717, 1.165) is 17.8 Å². The molecule has 0 saturated carbocycles. The Hall–Kier alpha value is -2.82. The molecule has 4 rings (SSSR count). The Bertz CT molecular complexity index is 1190. The van der Waals surface area contributed by atoms with Gasteiger partial charge >= 0.3 is 11.9 Å². The molecule has 16 heteroatoms. The molecule has 0 aliphatic carbocycles. The van der Waals surface area contributed by atoms with Crippen molar-refractivity contribution in [2.24, 2.45) is 10.6 Å². The number of rotatable bonds is 8. The van der Waals surface area contributed by atoms with Crippen molar-refractivity contribution in [2.75, 3.05) is 31.5 Å². The van der Waals surface area contributed by atoms with Gasteiger partial charge in [0.25, 0.3) is 11.8 Å². The fraction of sp³-hybridized carbons (Fsp3) is 0.545. The van der Waals surface area contributed by atoms with E-state index in [-0.39, 0.29) is 21.8 Å². The molecule has 0 aromatic carbocycles. The van der Waals surface area contributed by atoms with Crippen LogP contribution in [0.5, 0.6) is 0 Å². The first-order chi connectivity index (χ1) is 18.0. The summed E-state index contributed by atoms with van der Waals surface area (Å²) in [7, 11) is 0. The van der Waals surface area contributed by atoms with E-state index in [1.165, 1.54) is 33.8 Å². The molecule has 0 spiro atoms. The Morgan fingerprint density at radius 2 is 2.13 bits per heavy atom. The number of hydrogen-bond donors (Lipinski definition) is 3. The van der Waals surface area contributed by atoms with Crippen LogP contribution in [0.3, 0.4) is 0 Å². The summed E-state index contributed by atoms with van der Waals surface area (Å²) in [6, 6.07) is -0.983. The van der Waals surface area contributed by atoms with Crippen molar-refractivity contribution in [1.29, 1.82) is 0 Å². The largest absolute Gasteiger partial charge is 0.427 e. The number of carbonyl (C=O) groups is 4. The van der Waals surface area contributed by atoms with E-state index in [9.17, 15) is 24.4 Å². The number of nitrogens with one attached hydrogen (secondary N) is 1. The maximum Gasteiger partial charge on any atom is 0.358 e. The van der Waals surface area contributed by atoms with Gasteiger partial charge in [-0.05, 0) is 27.2 Å². The minimum atomic E-state index is -0.983. The van der Waals surface area contributed by atoms with Crippen LogP contribution < -0.4 is 11.1 Å². The first kappa shape index (κ1) is 28.2. The van der Waals surface area contributed by atoms with Crippen molar-refractivity contribution < 1.29 is 38.6 Å². The number of fused-ring (bicyclic) bond motifs is 1. The number of ether oxygens (including phenoxy) is 3. The number of hydrogen-bond acceptors (Lipinski definition) is 14. The Labute approximate surface area is 230 Å². The first-order valence-corrected chi connectivity index (χ1v) is 14.3. The number of nitrogens with two attached hydrogens (primary N) is 1. The third-order valence-electron chi connectivity index (χ3n) is 5.68. The van der Waals surface area contributed by atoms with E-state index in [1.807, 2.05) is 0 Å². The summed E-state index contributed by atoms with van der Waals surface area (Å²) in [6.45, 7) is 5.54. The van der Waals surface area contributed by atoms with E-state index >= 15 is 0 Å². The number of nitrogens with zero attached hydrogens (tertiary/aromatic N) is 3. The molecule has 2 fully saturated rings. The predicted molar refractivity (Wildman–Crippen MR) is 140 cm³/mol. The summed E-state index contributed by atoms with van der Waals surface area (Å²) in [6.07, 6.45) is 0.796. The van der Waals surface area contributed by atoms with Crippen molar-refractivity contribution >= 4 is 69.5 Å². The third-order valence-corrected chi connectivity index (χ3v) is 9.15. The Kier molecular flexibility index (Phi) is 8.54. The van der Waals surface area contributed by atoms with E-state index in [1.54, 1.807) is 20.8 Å². The quantitative estimate of drug-likeness (QED) is 0.0989. The summed E-state index contributed by atoms with van der Waals surface area (Å²) < 4.78 is 15.7. The van der Waals surface area contributed by atoms with E-state index in [2.05, 4.69) is 15.5 Å². The van der Waals surface area contributed by atoms with Crippen LogP contribution in [0.1, 0.15) is 32.9 Å². The minimum Gasteiger partial charge on any atom is -0.427 e. The number of oxime groups is 1. The molecule has 3 aliphatic rings. The number of aromatic nitrogens is 1. The molecule has 38 heavy (non-hydrogen) atoms. The van der Waals surface area contributed by atoms with Gasteiger partial charge in [-0.1, -0.05) is 5.16 Å². The standard InChI is InChI=1S/C22H27N5O8S3/c1-22(2,3)20(31)35-9-34-19(30)15-12(38-10-4-5-33-6-10)8-36-18-14(17(29)27(15)18)25-16(28)13(26-32)11-7-37-21(23)24-11/h7,10,14,18,32H,4-6,8-9H2,1-3H3,(H2,23,24)(H,25,28)/b26-13-/t10?,14?,18-/m1/s1. The van der Waals surface area contributed by atoms with Gasteiger partial charge in [-0.3, -0.25) is 19.3 Å². The highest BCUT2D eigenvalue weighted by Gasteiger charge is 2.55. The molecule has 2 amide bonds. The van der Waals surface area contributed by atoms with Crippen LogP contribution in [0.15, 0.2) is 21.1 Å². The zero-order valence-corrected chi connectivity index (χ0v) is 23.2. The SMILES string of the molecule is CC(C)(C)C(=O)OCOC(=O)C1=C(SC2CCOC2)CS[C@@H]2C(NC(=O)/C(=N\O)c3csc(N)n3)C(=O)N12. The zero-order valence-electron chi connectivity index (χ0n) is 20.8. The lowest BCUT2D eigenvalue weighted by Crippen LogP contribution is -2.71. The Morgan fingerprint density at radius 3 is 2.74 bits per heavy atom. The van der Waals surface area contributed by atoms with Crippen LogP contribution in [-0.4, -0.2) is 87.0 Å². The van der Waals surface area contributed by atoms with Crippen LogP contribution >= 0.6 is 34.9 Å². The van der Waals surface area contributed by atoms with Crippen molar-refractivity contribution in [3.63, 3.8) is 0 Å². The first-order valence-electron chi connectivity index (χ1n) is 11.5. The molecule has 1 aromatic rings. The van der Waals surface area contributed by atoms with Gasteiger partial charge in [0.1, 0.15) is 22.8 Å². The maximum absolute atomic E-state index is 13.2. The number of nitrogen functional groups attached to an aromatic ring is 1. The summed E-state index contributed by atoms with van der Waals surface area (Å²) in [4.78, 5) is 57.0. The lowest BCUT2D eigenvalue weighted by atomic mass is 9.98. The molecule has 4 heterocycles. The van der Waals surface area contributed by atoms with Crippen LogP contribution in [-0.2, 0) is 33.4 Å². The fourth-order valence-corrected chi connectivity index (χ4v) is 7.01. The van der Waals surface area contributed by atoms with E-state index < -0.39 is 53.1 Å². The second-order valence-corrected chi connectivity index (χ2v) is 12.9. The lowest BCUT2D eigenvalue weighted by molar-refractivity contribution is -0.173. The molecule has 0 radical (unpaired) electrons. The number of β-lactam (4-membered cyclic amide) rings is 1. The van der Waals surface area contributed by atoms with Gasteiger partial charge in [0.15, 0.2) is 10.8 Å². The number of esters is 2. The molecule has 0 bridgehead atoms. The summed E-state index contributed by atoms with van der Waals surface area (Å²) in [5.74, 6) is -2.32. The molecule has 4 N–H and O–H groups in total. The topological polar surface area (TPSA) is 183 Å². The van der Waals surface area contributed by atoms with Crippen LogP contribution in [0.2, 0.25) is 0 Å². The Morgan fingerprint density at radius 1 is 1.37 bits per heavy atom. The average molecular weight is 586 g/mol. The van der Waals surface area contributed by atoms with Crippen molar-refractivity contribution in [3.8, 4) is 0 Å². The third kappa shape index (κ3) is 5.92. The second kappa shape index (κ2) is 11.5. The number of thioether (sulfide) groups is 2. The number of anilines is 1. The number of amides is 2. The highest BCUT2D eigenvalue weighted by molar-refractivity contribution is 8.06. The molecule has 13 nitrogen and oxygen atoms in total. The van der Waals surface area contributed by atoms with Gasteiger partial charge in [-0.2, -0.15) is 0 Å². The number of thiazole rings is 1. The molecular weight excluding hydrogens is 558 g/mol. The summed E-state index contributed by atoms with van der Waals surface area (Å²) >= 11 is 3.88. The van der Waals surface area contributed by atoms with Crippen molar-refractivity contribution in [2.45, 2.75) is 43.9 Å². The lowest BCUT2D eigenvalue weighted by Gasteiger charge is -2.49. The van der Waals surface area contributed by atoms with Gasteiger partial charge < -0.3 is 30.5 Å². The van der Waals surface area contributed by atoms with Crippen LogP contribution in [0.25, 0.3) is 0 Å². The minimum absolute atomic E-state index is 0.0521. The molecule has 2 unspecified atom stereocenters. The molecule has 206 valence electrons. The van der Waals surface area contributed by atoms with Gasteiger partial charge in [0, 0.05) is 27.9 Å². The Balaban J connectivity index is 1.49. The van der Waals surface area contributed by atoms with Crippen molar-refractivity contribution in [3.05, 3.63) is 21.7 Å².